The topological polar surface area (TPSA) is 72.4 Å². The van der Waals surface area contributed by atoms with Gasteiger partial charge in [-0.3, -0.25) is 0 Å². The Morgan fingerprint density at radius 3 is 2.08 bits per heavy atom. The van der Waals surface area contributed by atoms with Crippen molar-refractivity contribution in [1.82, 2.24) is 0 Å². The van der Waals surface area contributed by atoms with Crippen molar-refractivity contribution in [2.24, 2.45) is 0 Å². The van der Waals surface area contributed by atoms with E-state index in [0.29, 0.717) is 0 Å². The van der Waals surface area contributed by atoms with E-state index >= 15 is 0 Å². The zero-order valence-electron chi connectivity index (χ0n) is 7.79. The Balaban J connectivity index is 4.60. The van der Waals surface area contributed by atoms with Crippen LogP contribution in [-0.2, 0) is 9.30 Å². The second-order valence-electron chi connectivity index (χ2n) is 2.69. The van der Waals surface area contributed by atoms with E-state index in [1.165, 1.54) is 0 Å². The van der Waals surface area contributed by atoms with E-state index in [1.807, 2.05) is 0 Å². The van der Waals surface area contributed by atoms with E-state index in [-0.39, 0.29) is 25.3 Å². The van der Waals surface area contributed by atoms with Crippen molar-refractivity contribution < 1.29 is 19.1 Å². The summed E-state index contributed by atoms with van der Waals surface area (Å²) >= 11 is 5.35. The van der Waals surface area contributed by atoms with Gasteiger partial charge in [-0.1, -0.05) is 13.8 Å². The summed E-state index contributed by atoms with van der Waals surface area (Å²) in [7, 11) is -4.72. The molecule has 0 atom stereocenters. The van der Waals surface area contributed by atoms with Crippen LogP contribution in [0.25, 0.3) is 0 Å². The third kappa shape index (κ3) is 3.22. The summed E-state index contributed by atoms with van der Waals surface area (Å²) < 4.78 is 15.9. The fourth-order valence-electron chi connectivity index (χ4n) is 1.15. The minimum absolute atomic E-state index is 0.0811. The highest BCUT2D eigenvalue weighted by Gasteiger charge is 2.30. The van der Waals surface area contributed by atoms with Crippen molar-refractivity contribution >= 4 is 19.2 Å². The maximum Gasteiger partial charge on any atom is 0.0941 e. The zero-order chi connectivity index (χ0) is 10.5. The maximum atomic E-state index is 10.9. The summed E-state index contributed by atoms with van der Waals surface area (Å²) in [5.41, 5.74) is 0. The summed E-state index contributed by atoms with van der Waals surface area (Å²) in [6.07, 6.45) is 0.315. The Morgan fingerprint density at radius 1 is 1.38 bits per heavy atom. The molecular weight excluding hydrogens is 214 g/mol. The van der Waals surface area contributed by atoms with E-state index in [2.05, 4.69) is 0 Å². The lowest BCUT2D eigenvalue weighted by Gasteiger charge is -2.48. The van der Waals surface area contributed by atoms with Gasteiger partial charge in [-0.05, 0) is 20.4 Å². The second-order valence-corrected chi connectivity index (χ2v) is 4.88. The van der Waals surface area contributed by atoms with Crippen LogP contribution in [0.1, 0.15) is 26.7 Å². The van der Waals surface area contributed by atoms with Crippen LogP contribution in [0.2, 0.25) is 0 Å². The van der Waals surface area contributed by atoms with Gasteiger partial charge in [0.2, 0.25) is 0 Å². The van der Waals surface area contributed by atoms with Crippen LogP contribution in [0.3, 0.4) is 0 Å². The van der Waals surface area contributed by atoms with Crippen LogP contribution < -0.4 is 9.79 Å². The molecule has 6 heteroatoms. The molecule has 0 radical (unpaired) electrons. The number of halogens is 1. The SMILES string of the molecule is CCC(CC)(OCCCl)P(=O)([O-])[O-]. The van der Waals surface area contributed by atoms with Gasteiger partial charge in [-0.25, -0.2) is 0 Å². The summed E-state index contributed by atoms with van der Waals surface area (Å²) in [5, 5.41) is -1.57. The van der Waals surface area contributed by atoms with E-state index < -0.39 is 12.9 Å². The molecule has 0 saturated carbocycles. The van der Waals surface area contributed by atoms with Gasteiger partial charge in [0.25, 0.3) is 0 Å². The van der Waals surface area contributed by atoms with Gasteiger partial charge in [0, 0.05) is 5.88 Å². The average molecular weight is 229 g/mol. The first kappa shape index (κ1) is 13.4. The first-order chi connectivity index (χ1) is 5.93. The lowest BCUT2D eigenvalue weighted by atomic mass is 10.2. The van der Waals surface area contributed by atoms with Crippen molar-refractivity contribution in [2.45, 2.75) is 32.0 Å². The van der Waals surface area contributed by atoms with Gasteiger partial charge in [0.15, 0.2) is 0 Å². The largest absolute Gasteiger partial charge is 0.809 e. The summed E-state index contributed by atoms with van der Waals surface area (Å²) in [5.74, 6) is 0.182. The number of ether oxygens (including phenoxy) is 1. The van der Waals surface area contributed by atoms with E-state index in [0.717, 1.165) is 0 Å². The van der Waals surface area contributed by atoms with Gasteiger partial charge in [-0.15, -0.1) is 11.6 Å². The fraction of sp³-hybridized carbons (Fsp3) is 1.00. The molecule has 0 saturated heterocycles. The molecule has 0 aliphatic rings. The van der Waals surface area contributed by atoms with Crippen molar-refractivity contribution in [3.8, 4) is 0 Å². The first-order valence-corrected chi connectivity index (χ1v) is 6.23. The average Bonchev–Trinajstić information content (AvgIpc) is 2.05. The van der Waals surface area contributed by atoms with Crippen molar-refractivity contribution in [2.75, 3.05) is 12.5 Å². The maximum absolute atomic E-state index is 10.9. The monoisotopic (exact) mass is 228 g/mol. The Kier molecular flexibility index (Phi) is 5.49. The molecule has 0 spiro atoms. The highest BCUT2D eigenvalue weighted by Crippen LogP contribution is 2.48. The summed E-state index contributed by atoms with van der Waals surface area (Å²) in [6.45, 7) is 3.30. The molecule has 0 unspecified atom stereocenters. The molecule has 0 amide bonds. The minimum Gasteiger partial charge on any atom is -0.809 e. The van der Waals surface area contributed by atoms with Gasteiger partial charge in [0.1, 0.15) is 0 Å². The lowest BCUT2D eigenvalue weighted by molar-refractivity contribution is -0.332. The Morgan fingerprint density at radius 2 is 1.85 bits per heavy atom. The Hall–Kier alpha value is 0.400. The number of rotatable bonds is 6. The van der Waals surface area contributed by atoms with Crippen molar-refractivity contribution in [3.63, 3.8) is 0 Å². The third-order valence-electron chi connectivity index (χ3n) is 2.05. The van der Waals surface area contributed by atoms with E-state index in [9.17, 15) is 14.4 Å². The summed E-state index contributed by atoms with van der Waals surface area (Å²) in [6, 6.07) is 0. The molecule has 0 aliphatic carbocycles. The summed E-state index contributed by atoms with van der Waals surface area (Å²) in [4.78, 5) is 21.9. The second kappa shape index (κ2) is 5.32. The fourth-order valence-corrected chi connectivity index (χ4v) is 2.25. The van der Waals surface area contributed by atoms with Crippen molar-refractivity contribution in [1.29, 1.82) is 0 Å². The molecule has 0 rings (SSSR count). The highest BCUT2D eigenvalue weighted by atomic mass is 35.5. The van der Waals surface area contributed by atoms with E-state index in [4.69, 9.17) is 16.3 Å². The van der Waals surface area contributed by atoms with Crippen molar-refractivity contribution in [3.05, 3.63) is 0 Å². The number of hydrogen-bond donors (Lipinski definition) is 0. The number of hydrogen-bond acceptors (Lipinski definition) is 4. The third-order valence-corrected chi connectivity index (χ3v) is 3.97. The standard InChI is InChI=1S/C7H16ClO4P/c1-3-7(4-2,12-6-5-8)13(9,10)11/h3-6H2,1-2H3,(H2,9,10,11)/p-2. The normalized spacial score (nSPS) is 13.3. The highest BCUT2D eigenvalue weighted by molar-refractivity contribution is 7.50. The molecule has 0 heterocycles. The molecule has 13 heavy (non-hydrogen) atoms. The molecule has 0 aromatic heterocycles. The van der Waals surface area contributed by atoms with Crippen LogP contribution in [0.15, 0.2) is 0 Å². The molecule has 0 aromatic rings. The first-order valence-electron chi connectivity index (χ1n) is 4.15. The molecule has 80 valence electrons. The molecule has 0 N–H and O–H groups in total. The van der Waals surface area contributed by atoms with Crippen LogP contribution >= 0.6 is 19.2 Å². The molecule has 0 aromatic carbocycles. The van der Waals surface area contributed by atoms with Gasteiger partial charge in [-0.2, -0.15) is 0 Å². The van der Waals surface area contributed by atoms with Crippen LogP contribution in [0, 0.1) is 0 Å². The van der Waals surface area contributed by atoms with E-state index in [1.54, 1.807) is 13.8 Å². The minimum atomic E-state index is -4.72. The lowest BCUT2D eigenvalue weighted by Crippen LogP contribution is -2.41. The smallest absolute Gasteiger partial charge is 0.0941 e. The predicted octanol–water partition coefficient (Wildman–Crippen LogP) is 0.672. The Bertz CT molecular complexity index is 187. The quantitative estimate of drug-likeness (QED) is 0.495. The molecule has 0 aliphatic heterocycles. The molecule has 0 fully saturated rings. The van der Waals surface area contributed by atoms with Crippen LogP contribution in [-0.4, -0.2) is 17.8 Å². The van der Waals surface area contributed by atoms with Crippen LogP contribution in [0.4, 0.5) is 0 Å². The molecule has 0 bridgehead atoms. The van der Waals surface area contributed by atoms with Crippen LogP contribution in [0.5, 0.6) is 0 Å². The number of alkyl halides is 1. The Labute approximate surface area is 83.4 Å². The molecular formula is C7H14ClO4P-2. The van der Waals surface area contributed by atoms with Gasteiger partial charge in [0.05, 0.1) is 11.9 Å². The zero-order valence-corrected chi connectivity index (χ0v) is 9.44. The predicted molar refractivity (Wildman–Crippen MR) is 47.6 cm³/mol. The molecule has 4 nitrogen and oxygen atoms in total. The van der Waals surface area contributed by atoms with Gasteiger partial charge >= 0.3 is 0 Å². The van der Waals surface area contributed by atoms with Gasteiger partial charge < -0.3 is 19.1 Å².